The molecule has 0 saturated carbocycles. The Kier molecular flexibility index (Phi) is 4.03. The molecule has 0 spiro atoms. The highest BCUT2D eigenvalue weighted by atomic mass is 35.5. The second kappa shape index (κ2) is 4.88. The van der Waals surface area contributed by atoms with Gasteiger partial charge in [-0.2, -0.15) is 0 Å². The monoisotopic (exact) mass is 236 g/mol. The molecule has 0 aliphatic carbocycles. The van der Waals surface area contributed by atoms with Crippen molar-refractivity contribution in [2.24, 2.45) is 0 Å². The van der Waals surface area contributed by atoms with E-state index in [9.17, 15) is 13.2 Å². The van der Waals surface area contributed by atoms with Crippen molar-refractivity contribution in [1.29, 1.82) is 0 Å². The molecular formula is C11H12ClF3. The minimum absolute atomic E-state index is 0.132. The Morgan fingerprint density at radius 2 is 1.73 bits per heavy atom. The van der Waals surface area contributed by atoms with Crippen LogP contribution in [0.25, 0.3) is 0 Å². The van der Waals surface area contributed by atoms with E-state index >= 15 is 0 Å². The fourth-order valence-corrected chi connectivity index (χ4v) is 1.80. The molecule has 0 radical (unpaired) electrons. The molecule has 2 atom stereocenters. The third-order valence-electron chi connectivity index (χ3n) is 2.27. The standard InChI is InChI=1S/C11H12ClF3/c1-6(5-7(2)12)8-3-4-9(13)11(15)10(8)14/h3-4,6-7H,5H2,1-2H3. The molecule has 0 amide bonds. The largest absolute Gasteiger partial charge is 0.204 e. The summed E-state index contributed by atoms with van der Waals surface area (Å²) in [5.74, 6) is -3.92. The zero-order chi connectivity index (χ0) is 11.6. The van der Waals surface area contributed by atoms with E-state index in [0.29, 0.717) is 6.42 Å². The highest BCUT2D eigenvalue weighted by Gasteiger charge is 2.18. The van der Waals surface area contributed by atoms with Crippen molar-refractivity contribution in [1.82, 2.24) is 0 Å². The van der Waals surface area contributed by atoms with Crippen LogP contribution in [0.2, 0.25) is 0 Å². The van der Waals surface area contributed by atoms with Gasteiger partial charge in [-0.25, -0.2) is 13.2 Å². The van der Waals surface area contributed by atoms with Crippen molar-refractivity contribution in [3.8, 4) is 0 Å². The van der Waals surface area contributed by atoms with E-state index < -0.39 is 17.5 Å². The lowest BCUT2D eigenvalue weighted by Crippen LogP contribution is -2.05. The molecule has 0 fully saturated rings. The van der Waals surface area contributed by atoms with E-state index in [1.807, 2.05) is 0 Å². The summed E-state index contributed by atoms with van der Waals surface area (Å²) >= 11 is 5.76. The van der Waals surface area contributed by atoms with Gasteiger partial charge < -0.3 is 0 Å². The first kappa shape index (κ1) is 12.4. The van der Waals surface area contributed by atoms with Crippen molar-refractivity contribution in [3.63, 3.8) is 0 Å². The van der Waals surface area contributed by atoms with Gasteiger partial charge in [0.2, 0.25) is 0 Å². The number of halogens is 4. The maximum Gasteiger partial charge on any atom is 0.194 e. The minimum Gasteiger partial charge on any atom is -0.204 e. The lowest BCUT2D eigenvalue weighted by atomic mass is 9.95. The van der Waals surface area contributed by atoms with Crippen LogP contribution in [-0.4, -0.2) is 5.38 Å². The summed E-state index contributed by atoms with van der Waals surface area (Å²) in [6.45, 7) is 3.50. The number of hydrogen-bond acceptors (Lipinski definition) is 0. The summed E-state index contributed by atoms with van der Waals surface area (Å²) in [5, 5.41) is -0.132. The van der Waals surface area contributed by atoms with Crippen molar-refractivity contribution in [2.75, 3.05) is 0 Å². The van der Waals surface area contributed by atoms with E-state index in [0.717, 1.165) is 6.07 Å². The molecular weight excluding hydrogens is 225 g/mol. The van der Waals surface area contributed by atoms with E-state index in [2.05, 4.69) is 0 Å². The summed E-state index contributed by atoms with van der Waals surface area (Å²) < 4.78 is 38.9. The van der Waals surface area contributed by atoms with Gasteiger partial charge in [-0.3, -0.25) is 0 Å². The second-order valence-corrected chi connectivity index (χ2v) is 4.43. The Morgan fingerprint density at radius 3 is 2.27 bits per heavy atom. The smallest absolute Gasteiger partial charge is 0.194 e. The summed E-state index contributed by atoms with van der Waals surface area (Å²) in [5.41, 5.74) is 0.168. The lowest BCUT2D eigenvalue weighted by molar-refractivity contribution is 0.434. The molecule has 2 unspecified atom stereocenters. The zero-order valence-electron chi connectivity index (χ0n) is 8.53. The molecule has 1 aromatic rings. The first-order valence-electron chi connectivity index (χ1n) is 4.71. The van der Waals surface area contributed by atoms with Crippen molar-refractivity contribution in [3.05, 3.63) is 35.1 Å². The molecule has 84 valence electrons. The molecule has 1 rings (SSSR count). The van der Waals surface area contributed by atoms with Crippen LogP contribution >= 0.6 is 11.6 Å². The van der Waals surface area contributed by atoms with E-state index in [1.165, 1.54) is 6.07 Å². The van der Waals surface area contributed by atoms with Gasteiger partial charge in [-0.05, 0) is 30.9 Å². The normalized spacial score (nSPS) is 15.1. The first-order chi connectivity index (χ1) is 6.93. The van der Waals surface area contributed by atoms with Crippen molar-refractivity contribution >= 4 is 11.6 Å². The SMILES string of the molecule is CC(Cl)CC(C)c1ccc(F)c(F)c1F. The highest BCUT2D eigenvalue weighted by molar-refractivity contribution is 6.20. The average Bonchev–Trinajstić information content (AvgIpc) is 2.13. The lowest BCUT2D eigenvalue weighted by Gasteiger charge is -2.14. The molecule has 0 bridgehead atoms. The molecule has 0 aliphatic rings. The summed E-state index contributed by atoms with van der Waals surface area (Å²) in [6, 6.07) is 2.20. The maximum absolute atomic E-state index is 13.3. The van der Waals surface area contributed by atoms with Crippen LogP contribution in [0.5, 0.6) is 0 Å². The molecule has 0 aromatic heterocycles. The Labute approximate surface area is 92.1 Å². The summed E-state index contributed by atoms with van der Waals surface area (Å²) in [7, 11) is 0. The van der Waals surface area contributed by atoms with Gasteiger partial charge in [-0.15, -0.1) is 11.6 Å². The van der Waals surface area contributed by atoms with Gasteiger partial charge in [0.05, 0.1) is 0 Å². The zero-order valence-corrected chi connectivity index (χ0v) is 9.28. The number of alkyl halides is 1. The van der Waals surface area contributed by atoms with Crippen LogP contribution in [0.4, 0.5) is 13.2 Å². The Balaban J connectivity index is 3.00. The van der Waals surface area contributed by atoms with Crippen LogP contribution in [0.1, 0.15) is 31.7 Å². The quantitative estimate of drug-likeness (QED) is 0.544. The van der Waals surface area contributed by atoms with Crippen LogP contribution in [0, 0.1) is 17.5 Å². The van der Waals surface area contributed by atoms with Gasteiger partial charge in [-0.1, -0.05) is 13.0 Å². The number of rotatable bonds is 3. The van der Waals surface area contributed by atoms with Crippen LogP contribution in [0.15, 0.2) is 12.1 Å². The average molecular weight is 237 g/mol. The van der Waals surface area contributed by atoms with Gasteiger partial charge in [0.15, 0.2) is 17.5 Å². The molecule has 0 N–H and O–H groups in total. The fourth-order valence-electron chi connectivity index (χ4n) is 1.54. The van der Waals surface area contributed by atoms with Crippen LogP contribution in [-0.2, 0) is 0 Å². The van der Waals surface area contributed by atoms with Crippen molar-refractivity contribution in [2.45, 2.75) is 31.6 Å². The van der Waals surface area contributed by atoms with E-state index in [1.54, 1.807) is 13.8 Å². The second-order valence-electron chi connectivity index (χ2n) is 3.68. The van der Waals surface area contributed by atoms with E-state index in [4.69, 9.17) is 11.6 Å². The highest BCUT2D eigenvalue weighted by Crippen LogP contribution is 2.27. The van der Waals surface area contributed by atoms with Gasteiger partial charge in [0.25, 0.3) is 0 Å². The molecule has 0 heterocycles. The number of hydrogen-bond donors (Lipinski definition) is 0. The first-order valence-corrected chi connectivity index (χ1v) is 5.14. The Bertz CT molecular complexity index is 350. The summed E-state index contributed by atoms with van der Waals surface area (Å²) in [4.78, 5) is 0. The summed E-state index contributed by atoms with van der Waals surface area (Å²) in [6.07, 6.45) is 0.517. The molecule has 0 saturated heterocycles. The molecule has 4 heteroatoms. The number of benzene rings is 1. The molecule has 1 aromatic carbocycles. The molecule has 0 aliphatic heterocycles. The fraction of sp³-hybridized carbons (Fsp3) is 0.455. The van der Waals surface area contributed by atoms with Gasteiger partial charge >= 0.3 is 0 Å². The minimum atomic E-state index is -1.42. The van der Waals surface area contributed by atoms with Crippen molar-refractivity contribution < 1.29 is 13.2 Å². The predicted octanol–water partition coefficient (Wildman–Crippen LogP) is 4.22. The third-order valence-corrected chi connectivity index (χ3v) is 2.45. The van der Waals surface area contributed by atoms with Crippen LogP contribution in [0.3, 0.4) is 0 Å². The molecule has 15 heavy (non-hydrogen) atoms. The van der Waals surface area contributed by atoms with Gasteiger partial charge in [0.1, 0.15) is 0 Å². The van der Waals surface area contributed by atoms with Gasteiger partial charge in [0, 0.05) is 5.38 Å². The molecule has 0 nitrogen and oxygen atoms in total. The Morgan fingerprint density at radius 1 is 1.13 bits per heavy atom. The maximum atomic E-state index is 13.3. The van der Waals surface area contributed by atoms with Crippen LogP contribution < -0.4 is 0 Å². The predicted molar refractivity (Wildman–Crippen MR) is 54.7 cm³/mol. The third kappa shape index (κ3) is 2.88. The van der Waals surface area contributed by atoms with E-state index in [-0.39, 0.29) is 16.9 Å². The Hall–Kier alpha value is -0.700. The topological polar surface area (TPSA) is 0 Å².